The molecule has 3 N–H and O–H groups in total. The molecule has 0 radical (unpaired) electrons. The van der Waals surface area contributed by atoms with E-state index in [0.29, 0.717) is 19.7 Å². The molecular formula is C18H23ClN2O2. The summed E-state index contributed by atoms with van der Waals surface area (Å²) >= 11 is 0. The summed E-state index contributed by atoms with van der Waals surface area (Å²) in [5.41, 5.74) is 7.63. The van der Waals surface area contributed by atoms with Gasteiger partial charge in [0.2, 0.25) is 5.91 Å². The monoisotopic (exact) mass is 334 g/mol. The number of rotatable bonds is 7. The first-order chi connectivity index (χ1) is 10.7. The van der Waals surface area contributed by atoms with Crippen molar-refractivity contribution in [1.82, 2.24) is 5.32 Å². The number of carbonyl (C=O) groups is 1. The maximum absolute atomic E-state index is 11.7. The van der Waals surface area contributed by atoms with Gasteiger partial charge in [0, 0.05) is 19.0 Å². The van der Waals surface area contributed by atoms with Crippen LogP contribution in [0.5, 0.6) is 5.75 Å². The summed E-state index contributed by atoms with van der Waals surface area (Å²) in [5, 5.41) is 2.87. The van der Waals surface area contributed by atoms with Gasteiger partial charge in [-0.15, -0.1) is 12.4 Å². The van der Waals surface area contributed by atoms with Crippen LogP contribution in [0, 0.1) is 5.92 Å². The fraction of sp³-hybridized carbons (Fsp3) is 0.278. The number of nitrogens with two attached hydrogens (primary N) is 1. The summed E-state index contributed by atoms with van der Waals surface area (Å²) in [6, 6.07) is 17.8. The molecule has 2 rings (SSSR count). The molecule has 124 valence electrons. The molecule has 4 nitrogen and oxygen atoms in total. The molecule has 1 atom stereocenters. The highest BCUT2D eigenvalue weighted by molar-refractivity contribution is 5.85. The zero-order chi connectivity index (χ0) is 15.8. The van der Waals surface area contributed by atoms with Gasteiger partial charge in [0.05, 0.1) is 0 Å². The predicted octanol–water partition coefficient (Wildman–Crippen LogP) is 2.90. The molecule has 0 bridgehead atoms. The number of hydrogen-bond donors (Lipinski definition) is 2. The smallest absolute Gasteiger partial charge is 0.224 e. The van der Waals surface area contributed by atoms with Gasteiger partial charge in [-0.25, -0.2) is 0 Å². The van der Waals surface area contributed by atoms with E-state index < -0.39 is 0 Å². The van der Waals surface area contributed by atoms with E-state index in [4.69, 9.17) is 10.5 Å². The van der Waals surface area contributed by atoms with Crippen LogP contribution in [0.15, 0.2) is 54.6 Å². The molecule has 0 aromatic heterocycles. The molecule has 1 amide bonds. The minimum atomic E-state index is -0.159. The number of ether oxygens (including phenoxy) is 1. The molecule has 2 aromatic rings. The van der Waals surface area contributed by atoms with Gasteiger partial charge in [0.15, 0.2) is 0 Å². The van der Waals surface area contributed by atoms with Gasteiger partial charge < -0.3 is 15.8 Å². The Balaban J connectivity index is 0.00000264. The van der Waals surface area contributed by atoms with Gasteiger partial charge in [0.25, 0.3) is 0 Å². The SMILES string of the molecule is CC(CN)C(=O)NCc1ccc(OCc2ccccc2)cc1.Cl. The standard InChI is InChI=1S/C18H22N2O2.ClH/c1-14(11-19)18(21)20-12-15-7-9-17(10-8-15)22-13-16-5-3-2-4-6-16;/h2-10,14H,11-13,19H2,1H3,(H,20,21);1H. The Labute approximate surface area is 143 Å². The van der Waals surface area contributed by atoms with Crippen LogP contribution in [-0.4, -0.2) is 12.5 Å². The van der Waals surface area contributed by atoms with E-state index in [-0.39, 0.29) is 24.2 Å². The van der Waals surface area contributed by atoms with Gasteiger partial charge >= 0.3 is 0 Å². The summed E-state index contributed by atoms with van der Waals surface area (Å²) in [6.07, 6.45) is 0. The van der Waals surface area contributed by atoms with Crippen molar-refractivity contribution in [3.8, 4) is 5.75 Å². The molecule has 5 heteroatoms. The van der Waals surface area contributed by atoms with E-state index in [1.165, 1.54) is 0 Å². The third-order valence-electron chi connectivity index (χ3n) is 3.44. The predicted molar refractivity (Wildman–Crippen MR) is 94.5 cm³/mol. The number of benzene rings is 2. The summed E-state index contributed by atoms with van der Waals surface area (Å²) in [6.45, 7) is 3.22. The molecule has 0 aliphatic rings. The number of amides is 1. The maximum atomic E-state index is 11.7. The molecule has 0 spiro atoms. The van der Waals surface area contributed by atoms with E-state index in [2.05, 4.69) is 5.32 Å². The van der Waals surface area contributed by atoms with Crippen molar-refractivity contribution in [2.24, 2.45) is 11.7 Å². The van der Waals surface area contributed by atoms with Crippen LogP contribution >= 0.6 is 12.4 Å². The second-order valence-corrected chi connectivity index (χ2v) is 5.27. The van der Waals surface area contributed by atoms with E-state index >= 15 is 0 Å². The van der Waals surface area contributed by atoms with Crippen LogP contribution in [0.4, 0.5) is 0 Å². The molecule has 2 aromatic carbocycles. The van der Waals surface area contributed by atoms with Crippen molar-refractivity contribution in [2.75, 3.05) is 6.54 Å². The molecule has 0 saturated heterocycles. The average Bonchev–Trinajstić information content (AvgIpc) is 2.59. The molecule has 0 saturated carbocycles. The summed E-state index contributed by atoms with van der Waals surface area (Å²) in [5.74, 6) is 0.634. The highest BCUT2D eigenvalue weighted by Gasteiger charge is 2.09. The molecule has 0 aliphatic heterocycles. The van der Waals surface area contributed by atoms with Crippen LogP contribution in [0.3, 0.4) is 0 Å². The van der Waals surface area contributed by atoms with Gasteiger partial charge in [-0.05, 0) is 23.3 Å². The highest BCUT2D eigenvalue weighted by atomic mass is 35.5. The Morgan fingerprint density at radius 3 is 2.35 bits per heavy atom. The van der Waals surface area contributed by atoms with E-state index in [1.54, 1.807) is 0 Å². The number of halogens is 1. The molecule has 1 unspecified atom stereocenters. The molecule has 0 aliphatic carbocycles. The number of nitrogens with one attached hydrogen (secondary N) is 1. The largest absolute Gasteiger partial charge is 0.489 e. The van der Waals surface area contributed by atoms with E-state index in [9.17, 15) is 4.79 Å². The average molecular weight is 335 g/mol. The minimum absolute atomic E-state index is 0. The van der Waals surface area contributed by atoms with Crippen molar-refractivity contribution in [3.63, 3.8) is 0 Å². The Morgan fingerprint density at radius 2 is 1.74 bits per heavy atom. The van der Waals surface area contributed by atoms with Crippen molar-refractivity contribution >= 4 is 18.3 Å². The first kappa shape index (κ1) is 19.0. The molecular weight excluding hydrogens is 312 g/mol. The molecule has 23 heavy (non-hydrogen) atoms. The fourth-order valence-corrected chi connectivity index (χ4v) is 1.91. The Morgan fingerprint density at radius 1 is 1.09 bits per heavy atom. The van der Waals surface area contributed by atoms with Crippen molar-refractivity contribution in [3.05, 3.63) is 65.7 Å². The summed E-state index contributed by atoms with van der Waals surface area (Å²) < 4.78 is 5.72. The van der Waals surface area contributed by atoms with Crippen LogP contribution in [-0.2, 0) is 17.9 Å². The lowest BCUT2D eigenvalue weighted by atomic mass is 10.1. The van der Waals surface area contributed by atoms with Gasteiger partial charge in [0.1, 0.15) is 12.4 Å². The fourth-order valence-electron chi connectivity index (χ4n) is 1.91. The lowest BCUT2D eigenvalue weighted by Gasteiger charge is -2.11. The number of carbonyl (C=O) groups excluding carboxylic acids is 1. The van der Waals surface area contributed by atoms with Gasteiger partial charge in [-0.3, -0.25) is 4.79 Å². The first-order valence-electron chi connectivity index (χ1n) is 7.42. The second-order valence-electron chi connectivity index (χ2n) is 5.27. The topological polar surface area (TPSA) is 64.4 Å². The summed E-state index contributed by atoms with van der Waals surface area (Å²) in [4.78, 5) is 11.7. The third kappa shape index (κ3) is 6.30. The summed E-state index contributed by atoms with van der Waals surface area (Å²) in [7, 11) is 0. The van der Waals surface area contributed by atoms with E-state index in [0.717, 1.165) is 16.9 Å². The third-order valence-corrected chi connectivity index (χ3v) is 3.44. The van der Waals surface area contributed by atoms with Crippen LogP contribution < -0.4 is 15.8 Å². The lowest BCUT2D eigenvalue weighted by molar-refractivity contribution is -0.124. The van der Waals surface area contributed by atoms with Crippen LogP contribution in [0.25, 0.3) is 0 Å². The van der Waals surface area contributed by atoms with Crippen LogP contribution in [0.2, 0.25) is 0 Å². The van der Waals surface area contributed by atoms with Crippen molar-refractivity contribution < 1.29 is 9.53 Å². The van der Waals surface area contributed by atoms with Crippen LogP contribution in [0.1, 0.15) is 18.1 Å². The zero-order valence-electron chi connectivity index (χ0n) is 13.2. The Kier molecular flexibility index (Phi) is 8.16. The van der Waals surface area contributed by atoms with Crippen molar-refractivity contribution in [1.29, 1.82) is 0 Å². The molecule has 0 fully saturated rings. The van der Waals surface area contributed by atoms with E-state index in [1.807, 2.05) is 61.5 Å². The van der Waals surface area contributed by atoms with Gasteiger partial charge in [-0.1, -0.05) is 49.4 Å². The second kappa shape index (κ2) is 9.87. The zero-order valence-corrected chi connectivity index (χ0v) is 14.0. The minimum Gasteiger partial charge on any atom is -0.489 e. The Hall–Kier alpha value is -2.04. The highest BCUT2D eigenvalue weighted by Crippen LogP contribution is 2.14. The maximum Gasteiger partial charge on any atom is 0.224 e. The Bertz CT molecular complexity index is 588. The number of hydrogen-bond acceptors (Lipinski definition) is 3. The van der Waals surface area contributed by atoms with Crippen molar-refractivity contribution in [2.45, 2.75) is 20.1 Å². The quantitative estimate of drug-likeness (QED) is 0.818. The van der Waals surface area contributed by atoms with Gasteiger partial charge in [-0.2, -0.15) is 0 Å². The molecule has 0 heterocycles. The normalized spacial score (nSPS) is 11.2. The first-order valence-corrected chi connectivity index (χ1v) is 7.42. The lowest BCUT2D eigenvalue weighted by Crippen LogP contribution is -2.32.